The minimum absolute atomic E-state index is 0.0404. The highest BCUT2D eigenvalue weighted by molar-refractivity contribution is 5.75. The number of fused-ring (bicyclic) bond motifs is 1. The second kappa shape index (κ2) is 9.02. The van der Waals surface area contributed by atoms with Gasteiger partial charge in [0, 0.05) is 38.6 Å². The molecular formula is C27H29N7O3. The van der Waals surface area contributed by atoms with Crippen LogP contribution in [-0.4, -0.2) is 63.0 Å². The Bertz CT molecular complexity index is 1440. The maximum atomic E-state index is 12.0. The van der Waals surface area contributed by atoms with Gasteiger partial charge in [0.15, 0.2) is 5.82 Å². The van der Waals surface area contributed by atoms with Crippen LogP contribution in [0.4, 0.5) is 5.69 Å². The zero-order valence-corrected chi connectivity index (χ0v) is 21.1. The number of rotatable bonds is 7. The summed E-state index contributed by atoms with van der Waals surface area (Å²) in [6.07, 6.45) is 7.49. The lowest BCUT2D eigenvalue weighted by Gasteiger charge is -2.27. The summed E-state index contributed by atoms with van der Waals surface area (Å²) < 4.78 is 12.9. The first-order valence-electron chi connectivity index (χ1n) is 12.5. The smallest absolute Gasteiger partial charge is 0.261 e. The van der Waals surface area contributed by atoms with Crippen LogP contribution in [0.3, 0.4) is 0 Å². The Labute approximate surface area is 214 Å². The molecule has 0 radical (unpaired) electrons. The number of carbonyl (C=O) groups excluding carboxylic acids is 1. The van der Waals surface area contributed by atoms with Crippen molar-refractivity contribution in [2.75, 3.05) is 32.6 Å². The molecule has 10 nitrogen and oxygen atoms in total. The highest BCUT2D eigenvalue weighted by atomic mass is 16.5. The third-order valence-corrected chi connectivity index (χ3v) is 7.29. The van der Waals surface area contributed by atoms with Gasteiger partial charge in [0.25, 0.3) is 5.89 Å². The van der Waals surface area contributed by atoms with E-state index in [-0.39, 0.29) is 17.9 Å². The number of nitrogens with one attached hydrogen (secondary N) is 1. The van der Waals surface area contributed by atoms with Gasteiger partial charge in [-0.3, -0.25) is 9.48 Å². The molecule has 0 saturated heterocycles. The quantitative estimate of drug-likeness (QED) is 0.411. The van der Waals surface area contributed by atoms with E-state index >= 15 is 0 Å². The lowest BCUT2D eigenvalue weighted by atomic mass is 9.76. The minimum atomic E-state index is -0.374. The molecule has 1 aliphatic heterocycles. The van der Waals surface area contributed by atoms with E-state index in [2.05, 4.69) is 57.8 Å². The molecule has 1 aliphatic carbocycles. The van der Waals surface area contributed by atoms with Gasteiger partial charge in [0.05, 0.1) is 22.9 Å². The van der Waals surface area contributed by atoms with E-state index in [0.29, 0.717) is 35.7 Å². The summed E-state index contributed by atoms with van der Waals surface area (Å²) in [5, 5.41) is 12.0. The van der Waals surface area contributed by atoms with Gasteiger partial charge in [0.2, 0.25) is 11.8 Å². The predicted molar refractivity (Wildman–Crippen MR) is 137 cm³/mol. The van der Waals surface area contributed by atoms with Gasteiger partial charge in [-0.15, -0.1) is 0 Å². The van der Waals surface area contributed by atoms with Crippen molar-refractivity contribution in [3.63, 3.8) is 0 Å². The Morgan fingerprint density at radius 1 is 1.16 bits per heavy atom. The van der Waals surface area contributed by atoms with Gasteiger partial charge < -0.3 is 19.5 Å². The number of hydrogen-bond donors (Lipinski definition) is 1. The SMILES string of the molecule is CN(C)C(=O)Cn1cc(-c2nc(C(C)(c3ccc(-c4cnc5c(c4)NCCO5)cc3)C3CC3)no2)cn1. The Kier molecular flexibility index (Phi) is 5.66. The summed E-state index contributed by atoms with van der Waals surface area (Å²) in [7, 11) is 3.44. The molecule has 1 amide bonds. The Morgan fingerprint density at radius 3 is 2.73 bits per heavy atom. The van der Waals surface area contributed by atoms with Crippen molar-refractivity contribution in [2.45, 2.75) is 31.7 Å². The second-order valence-corrected chi connectivity index (χ2v) is 10.0. The summed E-state index contributed by atoms with van der Waals surface area (Å²) in [5.74, 6) is 2.11. The Hall–Kier alpha value is -4.21. The Morgan fingerprint density at radius 2 is 1.97 bits per heavy atom. The van der Waals surface area contributed by atoms with E-state index in [4.69, 9.17) is 14.2 Å². The van der Waals surface area contributed by atoms with E-state index in [1.54, 1.807) is 31.2 Å². The van der Waals surface area contributed by atoms with Crippen molar-refractivity contribution >= 4 is 11.6 Å². The van der Waals surface area contributed by atoms with Crippen molar-refractivity contribution in [2.24, 2.45) is 5.92 Å². The first-order valence-corrected chi connectivity index (χ1v) is 12.5. The zero-order valence-electron chi connectivity index (χ0n) is 21.1. The molecule has 190 valence electrons. The van der Waals surface area contributed by atoms with Gasteiger partial charge >= 0.3 is 0 Å². The summed E-state index contributed by atoms with van der Waals surface area (Å²) in [6, 6.07) is 10.6. The molecule has 4 aromatic rings. The average molecular weight is 500 g/mol. The number of aromatic nitrogens is 5. The van der Waals surface area contributed by atoms with Crippen LogP contribution < -0.4 is 10.1 Å². The van der Waals surface area contributed by atoms with E-state index < -0.39 is 0 Å². The third kappa shape index (κ3) is 4.32. The normalized spacial score (nSPS) is 16.3. The number of likely N-dealkylation sites (N-methyl/N-ethyl adjacent to an activating group) is 1. The maximum absolute atomic E-state index is 12.0. The van der Waals surface area contributed by atoms with Crippen molar-refractivity contribution in [3.8, 4) is 28.5 Å². The molecular weight excluding hydrogens is 470 g/mol. The summed E-state index contributed by atoms with van der Waals surface area (Å²) >= 11 is 0. The number of carbonyl (C=O) groups is 1. The van der Waals surface area contributed by atoms with E-state index in [1.165, 1.54) is 4.90 Å². The number of benzene rings is 1. The monoisotopic (exact) mass is 499 g/mol. The van der Waals surface area contributed by atoms with Crippen LogP contribution in [0.5, 0.6) is 5.88 Å². The third-order valence-electron chi connectivity index (χ3n) is 7.29. The van der Waals surface area contributed by atoms with Crippen molar-refractivity contribution in [1.29, 1.82) is 0 Å². The fraction of sp³-hybridized carbons (Fsp3) is 0.370. The van der Waals surface area contributed by atoms with Gasteiger partial charge in [-0.05, 0) is 42.9 Å². The van der Waals surface area contributed by atoms with Gasteiger partial charge in [-0.25, -0.2) is 4.98 Å². The lowest BCUT2D eigenvalue weighted by Crippen LogP contribution is -2.28. The fourth-order valence-electron chi connectivity index (χ4n) is 4.79. The molecule has 10 heteroatoms. The molecule has 3 aromatic heterocycles. The molecule has 1 aromatic carbocycles. The van der Waals surface area contributed by atoms with Crippen LogP contribution in [0.2, 0.25) is 0 Å². The highest BCUT2D eigenvalue weighted by Gasteiger charge is 2.47. The molecule has 1 fully saturated rings. The topological polar surface area (TPSA) is 111 Å². The Balaban J connectivity index is 1.26. The van der Waals surface area contributed by atoms with E-state index in [0.717, 1.165) is 41.8 Å². The number of ether oxygens (including phenoxy) is 1. The molecule has 1 N–H and O–H groups in total. The maximum Gasteiger partial charge on any atom is 0.261 e. The molecule has 1 atom stereocenters. The van der Waals surface area contributed by atoms with Gasteiger partial charge in [0.1, 0.15) is 13.2 Å². The van der Waals surface area contributed by atoms with Crippen LogP contribution in [0, 0.1) is 5.92 Å². The van der Waals surface area contributed by atoms with Crippen LogP contribution in [0.1, 0.15) is 31.2 Å². The highest BCUT2D eigenvalue weighted by Crippen LogP contribution is 2.50. The molecule has 6 rings (SSSR count). The molecule has 1 unspecified atom stereocenters. The first-order chi connectivity index (χ1) is 17.9. The van der Waals surface area contributed by atoms with Crippen molar-refractivity contribution in [1.82, 2.24) is 29.8 Å². The van der Waals surface area contributed by atoms with Gasteiger partial charge in [-0.2, -0.15) is 10.1 Å². The molecule has 0 spiro atoms. The van der Waals surface area contributed by atoms with Crippen LogP contribution >= 0.6 is 0 Å². The van der Waals surface area contributed by atoms with Crippen LogP contribution in [0.15, 0.2) is 53.4 Å². The average Bonchev–Trinajstić information content (AvgIpc) is 3.48. The van der Waals surface area contributed by atoms with Crippen LogP contribution in [-0.2, 0) is 16.8 Å². The summed E-state index contributed by atoms with van der Waals surface area (Å²) in [5.41, 5.74) is 4.49. The minimum Gasteiger partial charge on any atom is -0.474 e. The summed E-state index contributed by atoms with van der Waals surface area (Å²) in [4.78, 5) is 22.8. The number of amides is 1. The number of nitrogens with zero attached hydrogens (tertiary/aromatic N) is 6. The molecule has 1 saturated carbocycles. The second-order valence-electron chi connectivity index (χ2n) is 10.0. The largest absolute Gasteiger partial charge is 0.474 e. The number of pyridine rings is 1. The van der Waals surface area contributed by atoms with Crippen molar-refractivity contribution in [3.05, 3.63) is 60.3 Å². The molecule has 2 aliphatic rings. The van der Waals surface area contributed by atoms with Crippen LogP contribution in [0.25, 0.3) is 22.6 Å². The standard InChI is InChI=1S/C27H29N7O3/c1-27(21-8-9-21,26-31-24(37-32-26)19-14-30-34(15-19)16-23(35)33(2)3)20-6-4-17(5-7-20)18-12-22-25(29-13-18)36-11-10-28-22/h4-7,12-15,21,28H,8-11,16H2,1-3H3. The number of hydrogen-bond acceptors (Lipinski definition) is 8. The fourth-order valence-corrected chi connectivity index (χ4v) is 4.79. The lowest BCUT2D eigenvalue weighted by molar-refractivity contribution is -0.129. The van der Waals surface area contributed by atoms with E-state index in [1.807, 2.05) is 6.20 Å². The predicted octanol–water partition coefficient (Wildman–Crippen LogP) is 3.60. The molecule has 37 heavy (non-hydrogen) atoms. The summed E-state index contributed by atoms with van der Waals surface area (Å²) in [6.45, 7) is 3.75. The number of anilines is 1. The van der Waals surface area contributed by atoms with Crippen molar-refractivity contribution < 1.29 is 14.1 Å². The zero-order chi connectivity index (χ0) is 25.6. The first kappa shape index (κ1) is 23.2. The molecule has 0 bridgehead atoms. The van der Waals surface area contributed by atoms with E-state index in [9.17, 15) is 4.79 Å². The van der Waals surface area contributed by atoms with Gasteiger partial charge in [-0.1, -0.05) is 29.4 Å². The molecule has 4 heterocycles.